The van der Waals surface area contributed by atoms with Crippen molar-refractivity contribution in [1.29, 1.82) is 0 Å². The van der Waals surface area contributed by atoms with E-state index in [1.807, 2.05) is 0 Å². The largest absolute Gasteiger partial charge is 0.475 e. The maximum atomic E-state index is 3.24. The van der Waals surface area contributed by atoms with Crippen molar-refractivity contribution >= 4 is 0 Å². The first-order valence-electron chi connectivity index (χ1n) is 0.854. The summed E-state index contributed by atoms with van der Waals surface area (Å²) in [5.41, 5.74) is 0. The number of nitrogens with one attached hydrogen (secondary N) is 1. The van der Waals surface area contributed by atoms with Gasteiger partial charge in [-0.15, -0.1) is 0 Å². The zero-order chi connectivity index (χ0) is 2.71. The van der Waals surface area contributed by atoms with E-state index in [0.29, 0.717) is 0 Å². The van der Waals surface area contributed by atoms with Crippen molar-refractivity contribution in [2.45, 2.75) is 0 Å². The van der Waals surface area contributed by atoms with Crippen LogP contribution >= 0.6 is 0 Å². The smallest absolute Gasteiger partial charge is 0 e. The average Bonchev–Trinajstić information content (AvgIpc) is 0.918. The summed E-state index contributed by atoms with van der Waals surface area (Å²) < 4.78 is 0. The van der Waals surface area contributed by atoms with Crippen LogP contribution < -0.4 is 5.32 Å². The van der Waals surface area contributed by atoms with Gasteiger partial charge in [-0.1, -0.05) is 0 Å². The van der Waals surface area contributed by atoms with Crippen LogP contribution in [0.4, 0.5) is 0 Å². The van der Waals surface area contributed by atoms with Crippen LogP contribution in [0.5, 0.6) is 0 Å². The molecule has 0 unspecified atom stereocenters. The van der Waals surface area contributed by atoms with E-state index in [-0.39, 0.29) is 32.7 Å². The Labute approximate surface area is 52.0 Å². The van der Waals surface area contributed by atoms with Crippen molar-refractivity contribution in [2.75, 3.05) is 7.05 Å². The fourth-order valence-electron chi connectivity index (χ4n) is 0. The van der Waals surface area contributed by atoms with E-state index in [4.69, 9.17) is 0 Å². The molecule has 2 heteroatoms. The molecule has 0 heterocycles. The van der Waals surface area contributed by atoms with E-state index >= 15 is 0 Å². The summed E-state index contributed by atoms with van der Waals surface area (Å²) in [6.07, 6.45) is 0. The van der Waals surface area contributed by atoms with E-state index in [0.717, 1.165) is 0 Å². The molecule has 0 aliphatic rings. The second-order valence-corrected chi connectivity index (χ2v) is 0.354. The molecule has 0 saturated heterocycles. The molecule has 0 spiro atoms. The zero-order valence-corrected chi connectivity index (χ0v) is 5.62. The molecular formula is C2H6NY-. The Balaban J connectivity index is 0. The van der Waals surface area contributed by atoms with E-state index in [1.54, 1.807) is 7.05 Å². The maximum absolute atomic E-state index is 3.24. The predicted octanol–water partition coefficient (Wildman–Crippen LogP) is -0.00511. The van der Waals surface area contributed by atoms with Gasteiger partial charge in [0.05, 0.1) is 0 Å². The maximum Gasteiger partial charge on any atom is 0 e. The Morgan fingerprint density at radius 3 is 1.75 bits per heavy atom. The monoisotopic (exact) mass is 133 g/mol. The van der Waals surface area contributed by atoms with Gasteiger partial charge >= 0.3 is 0 Å². The summed E-state index contributed by atoms with van der Waals surface area (Å²) in [4.78, 5) is 0. The van der Waals surface area contributed by atoms with Crippen LogP contribution in [0.1, 0.15) is 0 Å². The third-order valence-electron chi connectivity index (χ3n) is 0. The molecule has 0 bridgehead atoms. The van der Waals surface area contributed by atoms with Gasteiger partial charge in [0.15, 0.2) is 0 Å². The molecule has 0 atom stereocenters. The van der Waals surface area contributed by atoms with Gasteiger partial charge in [-0.25, -0.2) is 0 Å². The number of hydrogen-bond acceptors (Lipinski definition) is 1. The molecule has 1 radical (unpaired) electrons. The molecule has 0 aromatic rings. The van der Waals surface area contributed by atoms with Gasteiger partial charge in [-0.2, -0.15) is 0 Å². The second kappa shape index (κ2) is 8.96. The van der Waals surface area contributed by atoms with E-state index in [9.17, 15) is 0 Å². The Kier molecular flexibility index (Phi) is 19.9. The Morgan fingerprint density at radius 2 is 1.75 bits per heavy atom. The molecule has 0 aromatic carbocycles. The van der Waals surface area contributed by atoms with Gasteiger partial charge < -0.3 is 5.32 Å². The molecular weight excluding hydrogens is 127 g/mol. The van der Waals surface area contributed by atoms with Gasteiger partial charge in [0.25, 0.3) is 0 Å². The Morgan fingerprint density at radius 1 is 1.75 bits per heavy atom. The molecule has 0 amide bonds. The first-order valence-corrected chi connectivity index (χ1v) is 0.854. The molecule has 0 aliphatic carbocycles. The van der Waals surface area contributed by atoms with Crippen molar-refractivity contribution in [3.63, 3.8) is 0 Å². The summed E-state index contributed by atoms with van der Waals surface area (Å²) >= 11 is 0. The van der Waals surface area contributed by atoms with Crippen LogP contribution in [0.15, 0.2) is 0 Å². The molecule has 0 fully saturated rings. The van der Waals surface area contributed by atoms with Crippen LogP contribution in [0.3, 0.4) is 0 Å². The van der Waals surface area contributed by atoms with E-state index < -0.39 is 0 Å². The molecule has 4 heavy (non-hydrogen) atoms. The van der Waals surface area contributed by atoms with Gasteiger partial charge in [0.2, 0.25) is 0 Å². The minimum atomic E-state index is 0. The summed E-state index contributed by atoms with van der Waals surface area (Å²) in [7, 11) is 5.00. The quantitative estimate of drug-likeness (QED) is 0.458. The summed E-state index contributed by atoms with van der Waals surface area (Å²) in [5, 5.41) is 2.50. The molecule has 0 saturated carbocycles. The van der Waals surface area contributed by atoms with Crippen LogP contribution in [0.25, 0.3) is 0 Å². The van der Waals surface area contributed by atoms with Crippen LogP contribution in [-0.2, 0) is 32.7 Å². The Bertz CT molecular complexity index is 6.00. The minimum absolute atomic E-state index is 0. The minimum Gasteiger partial charge on any atom is -0.475 e. The number of rotatable bonds is 0. The SMILES string of the molecule is [CH2-]NC.[Y]. The van der Waals surface area contributed by atoms with Crippen LogP contribution in [0, 0.1) is 7.05 Å². The fraction of sp³-hybridized carbons (Fsp3) is 0.500. The third kappa shape index (κ3) is 11.5. The van der Waals surface area contributed by atoms with Gasteiger partial charge in [-0.05, 0) is 7.05 Å². The van der Waals surface area contributed by atoms with Gasteiger partial charge in [0.1, 0.15) is 0 Å². The molecule has 0 aromatic heterocycles. The predicted molar refractivity (Wildman–Crippen MR) is 14.4 cm³/mol. The second-order valence-electron chi connectivity index (χ2n) is 0.354. The summed E-state index contributed by atoms with van der Waals surface area (Å²) in [6, 6.07) is 0. The molecule has 1 N–H and O–H groups in total. The van der Waals surface area contributed by atoms with Crippen molar-refractivity contribution in [3.8, 4) is 0 Å². The molecule has 1 nitrogen and oxygen atoms in total. The van der Waals surface area contributed by atoms with Gasteiger partial charge in [0, 0.05) is 32.7 Å². The van der Waals surface area contributed by atoms with Crippen molar-refractivity contribution in [2.24, 2.45) is 0 Å². The van der Waals surface area contributed by atoms with Crippen molar-refractivity contribution in [3.05, 3.63) is 7.05 Å². The topological polar surface area (TPSA) is 12.0 Å². The van der Waals surface area contributed by atoms with Crippen molar-refractivity contribution in [1.82, 2.24) is 5.32 Å². The Hall–Kier alpha value is 1.06. The normalized spacial score (nSPS) is 4.50. The number of hydrogen-bond donors (Lipinski definition) is 1. The molecule has 0 aliphatic heterocycles. The average molecular weight is 133 g/mol. The molecule has 0 rings (SSSR count). The fourth-order valence-corrected chi connectivity index (χ4v) is 0. The summed E-state index contributed by atoms with van der Waals surface area (Å²) in [6.45, 7) is 0. The summed E-state index contributed by atoms with van der Waals surface area (Å²) in [5.74, 6) is 0. The van der Waals surface area contributed by atoms with Crippen LogP contribution in [-0.4, -0.2) is 7.05 Å². The zero-order valence-electron chi connectivity index (χ0n) is 2.78. The van der Waals surface area contributed by atoms with E-state index in [2.05, 4.69) is 12.4 Å². The van der Waals surface area contributed by atoms with Crippen LogP contribution in [0.2, 0.25) is 0 Å². The van der Waals surface area contributed by atoms with E-state index in [1.165, 1.54) is 0 Å². The van der Waals surface area contributed by atoms with Crippen molar-refractivity contribution < 1.29 is 32.7 Å². The molecule has 23 valence electrons. The first kappa shape index (κ1) is 8.91. The first-order chi connectivity index (χ1) is 1.41. The standard InChI is InChI=1S/C2H6N.Y/c1-3-2;/h3H,1H2,2H3;/q-1;. The third-order valence-corrected chi connectivity index (χ3v) is 0. The van der Waals surface area contributed by atoms with Gasteiger partial charge in [-0.3, -0.25) is 7.05 Å².